The van der Waals surface area contributed by atoms with Crippen molar-refractivity contribution in [3.05, 3.63) is 65.4 Å². The van der Waals surface area contributed by atoms with E-state index < -0.39 is 0 Å². The van der Waals surface area contributed by atoms with Gasteiger partial charge in [-0.05, 0) is 61.5 Å². The van der Waals surface area contributed by atoms with Crippen molar-refractivity contribution in [3.63, 3.8) is 0 Å². The fraction of sp³-hybridized carbons (Fsp3) is 0.211. The predicted octanol–water partition coefficient (Wildman–Crippen LogP) is 4.21. The lowest BCUT2D eigenvalue weighted by atomic mass is 10.1. The smallest absolute Gasteiger partial charge is 0.244 e. The predicted molar refractivity (Wildman–Crippen MR) is 91.2 cm³/mol. The van der Waals surface area contributed by atoms with Gasteiger partial charge in [-0.1, -0.05) is 24.3 Å². The van der Waals surface area contributed by atoms with Gasteiger partial charge in [-0.25, -0.2) is 0 Å². The van der Waals surface area contributed by atoms with Crippen LogP contribution in [0.2, 0.25) is 0 Å². The van der Waals surface area contributed by atoms with Gasteiger partial charge < -0.3 is 9.88 Å². The van der Waals surface area contributed by atoms with Gasteiger partial charge in [-0.15, -0.1) is 0 Å². The quantitative estimate of drug-likeness (QED) is 0.771. The molecule has 0 spiro atoms. The normalized spacial score (nSPS) is 10.9. The molecule has 3 rings (SSSR count). The molecule has 112 valence electrons. The summed E-state index contributed by atoms with van der Waals surface area (Å²) in [5.41, 5.74) is 5.44. The molecule has 0 saturated carbocycles. The number of aromatic nitrogens is 1. The van der Waals surface area contributed by atoms with Crippen LogP contribution in [0.15, 0.2) is 48.5 Å². The van der Waals surface area contributed by atoms with Crippen molar-refractivity contribution in [1.82, 2.24) is 4.57 Å². The zero-order valence-corrected chi connectivity index (χ0v) is 13.2. The average Bonchev–Trinajstić information content (AvgIpc) is 2.79. The molecule has 22 heavy (non-hydrogen) atoms. The monoisotopic (exact) mass is 292 g/mol. The van der Waals surface area contributed by atoms with Crippen LogP contribution in [0, 0.1) is 20.8 Å². The minimum atomic E-state index is -0.00675. The molecule has 3 nitrogen and oxygen atoms in total. The highest BCUT2D eigenvalue weighted by molar-refractivity contribution is 5.92. The van der Waals surface area contributed by atoms with E-state index in [1.54, 1.807) is 0 Å². The first kappa shape index (κ1) is 14.4. The van der Waals surface area contributed by atoms with Crippen molar-refractivity contribution in [2.75, 3.05) is 5.32 Å². The van der Waals surface area contributed by atoms with Crippen LogP contribution >= 0.6 is 0 Å². The second kappa shape index (κ2) is 5.68. The number of amides is 1. The van der Waals surface area contributed by atoms with Crippen LogP contribution in [-0.4, -0.2) is 10.5 Å². The first-order valence-corrected chi connectivity index (χ1v) is 7.46. The second-order valence-electron chi connectivity index (χ2n) is 5.78. The fourth-order valence-corrected chi connectivity index (χ4v) is 2.72. The maximum absolute atomic E-state index is 12.3. The van der Waals surface area contributed by atoms with Crippen molar-refractivity contribution < 1.29 is 4.79 Å². The lowest BCUT2D eigenvalue weighted by Crippen LogP contribution is -2.19. The van der Waals surface area contributed by atoms with Crippen molar-refractivity contribution in [1.29, 1.82) is 0 Å². The van der Waals surface area contributed by atoms with E-state index in [2.05, 4.69) is 31.3 Å². The molecule has 0 radical (unpaired) electrons. The molecule has 0 unspecified atom stereocenters. The van der Waals surface area contributed by atoms with Gasteiger partial charge >= 0.3 is 0 Å². The van der Waals surface area contributed by atoms with E-state index in [0.717, 1.165) is 16.9 Å². The number of benzene rings is 2. The molecule has 1 heterocycles. The Balaban J connectivity index is 1.81. The Morgan fingerprint density at radius 1 is 1.00 bits per heavy atom. The highest BCUT2D eigenvalue weighted by atomic mass is 16.1. The summed E-state index contributed by atoms with van der Waals surface area (Å²) >= 11 is 0. The Hall–Kier alpha value is -2.55. The zero-order chi connectivity index (χ0) is 15.7. The van der Waals surface area contributed by atoms with Crippen LogP contribution in [0.1, 0.15) is 16.8 Å². The third-order valence-corrected chi connectivity index (χ3v) is 4.11. The van der Waals surface area contributed by atoms with Gasteiger partial charge in [0, 0.05) is 16.9 Å². The maximum Gasteiger partial charge on any atom is 0.244 e. The Labute approximate surface area is 130 Å². The number of para-hydroxylation sites is 1. The van der Waals surface area contributed by atoms with Gasteiger partial charge in [0.2, 0.25) is 5.91 Å². The van der Waals surface area contributed by atoms with Crippen molar-refractivity contribution in [3.8, 4) is 0 Å². The first-order chi connectivity index (χ1) is 10.5. The summed E-state index contributed by atoms with van der Waals surface area (Å²) in [7, 11) is 0. The van der Waals surface area contributed by atoms with E-state index in [1.165, 1.54) is 16.5 Å². The molecule has 0 aliphatic heterocycles. The molecule has 0 saturated heterocycles. The van der Waals surface area contributed by atoms with Gasteiger partial charge in [0.25, 0.3) is 0 Å². The van der Waals surface area contributed by atoms with Crippen molar-refractivity contribution in [2.45, 2.75) is 27.3 Å². The van der Waals surface area contributed by atoms with E-state index in [0.29, 0.717) is 6.54 Å². The van der Waals surface area contributed by atoms with Crippen LogP contribution in [0.4, 0.5) is 5.69 Å². The Bertz CT molecular complexity index is 846. The SMILES string of the molecule is Cc1ccc(NC(=O)Cn2c(C)cc3ccccc32)cc1C. The largest absolute Gasteiger partial charge is 0.335 e. The number of nitrogens with zero attached hydrogens (tertiary/aromatic N) is 1. The van der Waals surface area contributed by atoms with Gasteiger partial charge in [-0.2, -0.15) is 0 Å². The summed E-state index contributed by atoms with van der Waals surface area (Å²) in [4.78, 5) is 12.3. The summed E-state index contributed by atoms with van der Waals surface area (Å²) in [6, 6.07) is 16.2. The Morgan fingerprint density at radius 2 is 1.77 bits per heavy atom. The molecule has 0 aliphatic rings. The molecule has 0 bridgehead atoms. The Morgan fingerprint density at radius 3 is 2.55 bits per heavy atom. The number of aryl methyl sites for hydroxylation is 3. The van der Waals surface area contributed by atoms with Crippen molar-refractivity contribution >= 4 is 22.5 Å². The molecule has 1 aromatic heterocycles. The van der Waals surface area contributed by atoms with Crippen molar-refractivity contribution in [2.24, 2.45) is 0 Å². The summed E-state index contributed by atoms with van der Waals surface area (Å²) < 4.78 is 2.05. The molecular weight excluding hydrogens is 272 g/mol. The number of hydrogen-bond donors (Lipinski definition) is 1. The maximum atomic E-state index is 12.3. The van der Waals surface area contributed by atoms with Crippen LogP contribution in [0.25, 0.3) is 10.9 Å². The number of nitrogens with one attached hydrogen (secondary N) is 1. The van der Waals surface area contributed by atoms with Crippen LogP contribution in [0.5, 0.6) is 0 Å². The van der Waals surface area contributed by atoms with Gasteiger partial charge in [0.05, 0.1) is 0 Å². The Kier molecular flexibility index (Phi) is 3.72. The first-order valence-electron chi connectivity index (χ1n) is 7.46. The van der Waals surface area contributed by atoms with Crippen LogP contribution in [0.3, 0.4) is 0 Å². The molecule has 0 fully saturated rings. The molecule has 0 atom stereocenters. The molecule has 1 N–H and O–H groups in total. The number of fused-ring (bicyclic) bond motifs is 1. The highest BCUT2D eigenvalue weighted by Gasteiger charge is 2.09. The van der Waals surface area contributed by atoms with E-state index in [1.807, 2.05) is 47.9 Å². The molecular formula is C19H20N2O. The molecule has 1 amide bonds. The standard InChI is InChI=1S/C19H20N2O/c1-13-8-9-17(10-14(13)2)20-19(22)12-21-15(3)11-16-6-4-5-7-18(16)21/h4-11H,12H2,1-3H3,(H,20,22). The highest BCUT2D eigenvalue weighted by Crippen LogP contribution is 2.19. The number of carbonyl (C=O) groups is 1. The fourth-order valence-electron chi connectivity index (χ4n) is 2.72. The summed E-state index contributed by atoms with van der Waals surface area (Å²) in [5.74, 6) is -0.00675. The van der Waals surface area contributed by atoms with Crippen LogP contribution in [-0.2, 0) is 11.3 Å². The van der Waals surface area contributed by atoms with Gasteiger partial charge in [0.15, 0.2) is 0 Å². The second-order valence-corrected chi connectivity index (χ2v) is 5.78. The molecule has 0 aliphatic carbocycles. The average molecular weight is 292 g/mol. The molecule has 3 aromatic rings. The topological polar surface area (TPSA) is 34.0 Å². The van der Waals surface area contributed by atoms with E-state index in [4.69, 9.17) is 0 Å². The zero-order valence-electron chi connectivity index (χ0n) is 13.2. The lowest BCUT2D eigenvalue weighted by Gasteiger charge is -2.10. The lowest BCUT2D eigenvalue weighted by molar-refractivity contribution is -0.116. The van der Waals surface area contributed by atoms with Gasteiger partial charge in [-0.3, -0.25) is 4.79 Å². The van der Waals surface area contributed by atoms with E-state index >= 15 is 0 Å². The minimum Gasteiger partial charge on any atom is -0.335 e. The molecule has 3 heteroatoms. The summed E-state index contributed by atoms with van der Waals surface area (Å²) in [5, 5.41) is 4.15. The summed E-state index contributed by atoms with van der Waals surface area (Å²) in [6.07, 6.45) is 0. The minimum absolute atomic E-state index is 0.00675. The third-order valence-electron chi connectivity index (χ3n) is 4.11. The third kappa shape index (κ3) is 2.75. The van der Waals surface area contributed by atoms with E-state index in [-0.39, 0.29) is 5.91 Å². The van der Waals surface area contributed by atoms with E-state index in [9.17, 15) is 4.79 Å². The van der Waals surface area contributed by atoms with Crippen LogP contribution < -0.4 is 5.32 Å². The number of hydrogen-bond acceptors (Lipinski definition) is 1. The van der Waals surface area contributed by atoms with Gasteiger partial charge in [0.1, 0.15) is 6.54 Å². The number of rotatable bonds is 3. The molecule has 2 aromatic carbocycles. The number of carbonyl (C=O) groups excluding carboxylic acids is 1. The number of anilines is 1. The summed E-state index contributed by atoms with van der Waals surface area (Å²) in [6.45, 7) is 6.47.